The van der Waals surface area contributed by atoms with Crippen molar-refractivity contribution in [1.82, 2.24) is 15.1 Å². The van der Waals surface area contributed by atoms with Crippen molar-refractivity contribution >= 4 is 11.8 Å². The molecule has 28 heavy (non-hydrogen) atoms. The molecule has 0 unspecified atom stereocenters. The Labute approximate surface area is 165 Å². The minimum atomic E-state index is -0.541. The zero-order chi connectivity index (χ0) is 19.9. The van der Waals surface area contributed by atoms with Gasteiger partial charge >= 0.3 is 11.8 Å². The average molecular weight is 391 g/mol. The summed E-state index contributed by atoms with van der Waals surface area (Å²) in [5.41, 5.74) is 0.994. The maximum absolute atomic E-state index is 12.4. The third kappa shape index (κ3) is 4.74. The van der Waals surface area contributed by atoms with E-state index in [1.807, 2.05) is 18.2 Å². The second-order valence-electron chi connectivity index (χ2n) is 6.99. The van der Waals surface area contributed by atoms with Crippen LogP contribution in [-0.4, -0.2) is 81.8 Å². The molecule has 8 nitrogen and oxygen atoms in total. The molecule has 1 aromatic rings. The lowest BCUT2D eigenvalue weighted by atomic mass is 10.0. The van der Waals surface area contributed by atoms with Crippen LogP contribution in [0.4, 0.5) is 0 Å². The molecule has 2 heterocycles. The second-order valence-corrected chi connectivity index (χ2v) is 6.99. The van der Waals surface area contributed by atoms with Gasteiger partial charge in [-0.05, 0) is 30.5 Å². The van der Waals surface area contributed by atoms with Crippen LogP contribution in [0.15, 0.2) is 18.2 Å². The van der Waals surface area contributed by atoms with Gasteiger partial charge in [-0.1, -0.05) is 6.07 Å². The van der Waals surface area contributed by atoms with Crippen molar-refractivity contribution in [3.8, 4) is 11.5 Å². The normalized spacial score (nSPS) is 18.6. The number of hydrogen-bond acceptors (Lipinski definition) is 6. The molecule has 2 aliphatic heterocycles. The highest BCUT2D eigenvalue weighted by Gasteiger charge is 2.28. The van der Waals surface area contributed by atoms with Crippen molar-refractivity contribution in [3.63, 3.8) is 0 Å². The summed E-state index contributed by atoms with van der Waals surface area (Å²) in [6, 6.07) is 5.67. The number of nitrogens with zero attached hydrogens (tertiary/aromatic N) is 2. The maximum Gasteiger partial charge on any atom is 0.311 e. The van der Waals surface area contributed by atoms with E-state index in [1.54, 1.807) is 19.1 Å². The summed E-state index contributed by atoms with van der Waals surface area (Å²) in [5, 5.41) is 2.84. The Bertz CT molecular complexity index is 684. The van der Waals surface area contributed by atoms with Crippen LogP contribution >= 0.6 is 0 Å². The van der Waals surface area contributed by atoms with Crippen molar-refractivity contribution in [2.24, 2.45) is 0 Å². The maximum atomic E-state index is 12.4. The molecule has 1 aromatic carbocycles. The van der Waals surface area contributed by atoms with Crippen molar-refractivity contribution in [2.45, 2.75) is 18.9 Å². The summed E-state index contributed by atoms with van der Waals surface area (Å²) in [5.74, 6) is 0.309. The Balaban J connectivity index is 1.73. The van der Waals surface area contributed by atoms with E-state index in [-0.39, 0.29) is 6.04 Å². The molecule has 8 heteroatoms. The van der Waals surface area contributed by atoms with Crippen molar-refractivity contribution < 1.29 is 23.8 Å². The molecule has 0 aromatic heterocycles. The SMILES string of the molecule is COc1ccc([C@@H](CNC(=O)C(=O)N2CCCC2)N2CCOCC2)cc1OC. The lowest BCUT2D eigenvalue weighted by Gasteiger charge is -2.35. The van der Waals surface area contributed by atoms with Crippen LogP contribution in [0.3, 0.4) is 0 Å². The highest BCUT2D eigenvalue weighted by molar-refractivity contribution is 6.35. The van der Waals surface area contributed by atoms with Crippen LogP contribution in [0.1, 0.15) is 24.4 Å². The first-order valence-corrected chi connectivity index (χ1v) is 9.75. The van der Waals surface area contributed by atoms with Gasteiger partial charge < -0.3 is 24.4 Å². The highest BCUT2D eigenvalue weighted by Crippen LogP contribution is 2.32. The van der Waals surface area contributed by atoms with Gasteiger partial charge in [0.2, 0.25) is 0 Å². The summed E-state index contributed by atoms with van der Waals surface area (Å²) in [6.07, 6.45) is 1.92. The first-order chi connectivity index (χ1) is 13.6. The molecule has 154 valence electrons. The van der Waals surface area contributed by atoms with E-state index in [9.17, 15) is 9.59 Å². The lowest BCUT2D eigenvalue weighted by molar-refractivity contribution is -0.145. The van der Waals surface area contributed by atoms with Gasteiger partial charge in [0.1, 0.15) is 0 Å². The molecule has 0 bridgehead atoms. The molecule has 2 fully saturated rings. The molecular formula is C20H29N3O5. The first-order valence-electron chi connectivity index (χ1n) is 9.75. The van der Waals surface area contributed by atoms with E-state index < -0.39 is 11.8 Å². The predicted molar refractivity (Wildman–Crippen MR) is 104 cm³/mol. The summed E-state index contributed by atoms with van der Waals surface area (Å²) >= 11 is 0. The number of morpholine rings is 1. The molecule has 2 aliphatic rings. The predicted octanol–water partition coefficient (Wildman–Crippen LogP) is 0.816. The standard InChI is InChI=1S/C20H29N3O5/c1-26-17-6-5-15(13-18(17)27-2)16(22-9-11-28-12-10-22)14-21-19(24)20(25)23-7-3-4-8-23/h5-6,13,16H,3-4,7-12,14H2,1-2H3,(H,21,24)/t16-/m1/s1. The molecule has 1 N–H and O–H groups in total. The van der Waals surface area contributed by atoms with Crippen LogP contribution < -0.4 is 14.8 Å². The Morgan fingerprint density at radius 3 is 2.39 bits per heavy atom. The molecule has 0 saturated carbocycles. The van der Waals surface area contributed by atoms with Gasteiger partial charge in [0.15, 0.2) is 11.5 Å². The van der Waals surface area contributed by atoms with Gasteiger partial charge in [-0.15, -0.1) is 0 Å². The third-order valence-electron chi connectivity index (χ3n) is 5.32. The lowest BCUT2D eigenvalue weighted by Crippen LogP contribution is -2.47. The van der Waals surface area contributed by atoms with E-state index in [0.717, 1.165) is 31.5 Å². The topological polar surface area (TPSA) is 80.3 Å². The number of methoxy groups -OCH3 is 2. The zero-order valence-corrected chi connectivity index (χ0v) is 16.6. The van der Waals surface area contributed by atoms with E-state index >= 15 is 0 Å². The number of amides is 2. The van der Waals surface area contributed by atoms with Crippen LogP contribution in [0.25, 0.3) is 0 Å². The van der Waals surface area contributed by atoms with Crippen molar-refractivity contribution in [2.75, 3.05) is 60.2 Å². The first kappa shape index (κ1) is 20.4. The minimum absolute atomic E-state index is 0.0842. The number of hydrogen-bond donors (Lipinski definition) is 1. The van der Waals surface area contributed by atoms with Gasteiger partial charge in [-0.2, -0.15) is 0 Å². The van der Waals surface area contributed by atoms with Crippen LogP contribution in [-0.2, 0) is 14.3 Å². The smallest absolute Gasteiger partial charge is 0.311 e. The minimum Gasteiger partial charge on any atom is -0.493 e. The molecule has 0 radical (unpaired) electrons. The average Bonchev–Trinajstić information content (AvgIpc) is 3.28. The second kappa shape index (κ2) is 9.75. The summed E-state index contributed by atoms with van der Waals surface area (Å²) < 4.78 is 16.2. The Kier molecular flexibility index (Phi) is 7.11. The fourth-order valence-corrected chi connectivity index (χ4v) is 3.74. The molecule has 1 atom stereocenters. The molecule has 2 saturated heterocycles. The van der Waals surface area contributed by atoms with Gasteiger partial charge in [0.25, 0.3) is 0 Å². The summed E-state index contributed by atoms with van der Waals surface area (Å²) in [6.45, 7) is 4.47. The molecule has 3 rings (SSSR count). The van der Waals surface area contributed by atoms with Crippen molar-refractivity contribution in [1.29, 1.82) is 0 Å². The number of nitrogens with one attached hydrogen (secondary N) is 1. The Hall–Kier alpha value is -2.32. The third-order valence-corrected chi connectivity index (χ3v) is 5.32. The summed E-state index contributed by atoms with van der Waals surface area (Å²) in [4.78, 5) is 28.6. The number of ether oxygens (including phenoxy) is 3. The number of rotatable bonds is 6. The molecule has 0 aliphatic carbocycles. The number of carbonyl (C=O) groups is 2. The zero-order valence-electron chi connectivity index (χ0n) is 16.6. The van der Waals surface area contributed by atoms with Gasteiger partial charge in [0.05, 0.1) is 33.5 Å². The number of benzene rings is 1. The van der Waals surface area contributed by atoms with Crippen LogP contribution in [0.2, 0.25) is 0 Å². The number of likely N-dealkylation sites (tertiary alicyclic amines) is 1. The Morgan fingerprint density at radius 2 is 1.75 bits per heavy atom. The van der Waals surface area contributed by atoms with Crippen LogP contribution in [0.5, 0.6) is 11.5 Å². The van der Waals surface area contributed by atoms with Gasteiger partial charge in [0, 0.05) is 32.7 Å². The fourth-order valence-electron chi connectivity index (χ4n) is 3.74. The van der Waals surface area contributed by atoms with Crippen molar-refractivity contribution in [3.05, 3.63) is 23.8 Å². The van der Waals surface area contributed by atoms with E-state index in [1.165, 1.54) is 0 Å². The number of carbonyl (C=O) groups excluding carboxylic acids is 2. The van der Waals surface area contributed by atoms with E-state index in [4.69, 9.17) is 14.2 Å². The monoisotopic (exact) mass is 391 g/mol. The van der Waals surface area contributed by atoms with E-state index in [0.29, 0.717) is 44.3 Å². The quantitative estimate of drug-likeness (QED) is 0.723. The highest BCUT2D eigenvalue weighted by atomic mass is 16.5. The molecular weight excluding hydrogens is 362 g/mol. The molecule has 2 amide bonds. The molecule has 0 spiro atoms. The van der Waals surface area contributed by atoms with E-state index in [2.05, 4.69) is 10.2 Å². The fraction of sp³-hybridized carbons (Fsp3) is 0.600. The van der Waals surface area contributed by atoms with Gasteiger partial charge in [-0.25, -0.2) is 0 Å². The van der Waals surface area contributed by atoms with Gasteiger partial charge in [-0.3, -0.25) is 14.5 Å². The summed E-state index contributed by atoms with van der Waals surface area (Å²) in [7, 11) is 3.20. The largest absolute Gasteiger partial charge is 0.493 e. The Morgan fingerprint density at radius 1 is 1.07 bits per heavy atom. The van der Waals surface area contributed by atoms with Crippen LogP contribution in [0, 0.1) is 0 Å².